The lowest BCUT2D eigenvalue weighted by atomic mass is 9.98. The molecule has 3 aromatic carbocycles. The molecule has 23 heavy (non-hydrogen) atoms. The molecule has 0 saturated carbocycles. The molecule has 0 aliphatic heterocycles. The quantitative estimate of drug-likeness (QED) is 0.576. The van der Waals surface area contributed by atoms with Gasteiger partial charge in [0.2, 0.25) is 0 Å². The molecule has 1 N–H and O–H groups in total. The molecule has 1 atom stereocenters. The van der Waals surface area contributed by atoms with Crippen molar-refractivity contribution in [2.45, 2.75) is 6.10 Å². The van der Waals surface area contributed by atoms with E-state index in [1.54, 1.807) is 12.1 Å². The molecule has 0 amide bonds. The first-order valence-electron chi connectivity index (χ1n) is 7.23. The fourth-order valence-corrected chi connectivity index (χ4v) is 2.46. The van der Waals surface area contributed by atoms with Crippen molar-refractivity contribution >= 4 is 5.69 Å². The Kier molecular flexibility index (Phi) is 4.17. The lowest BCUT2D eigenvalue weighted by molar-refractivity contribution is -0.384. The predicted molar refractivity (Wildman–Crippen MR) is 89.0 cm³/mol. The highest BCUT2D eigenvalue weighted by Crippen LogP contribution is 2.26. The molecule has 4 heteroatoms. The first-order valence-corrected chi connectivity index (χ1v) is 7.23. The zero-order valence-electron chi connectivity index (χ0n) is 12.3. The van der Waals surface area contributed by atoms with E-state index in [4.69, 9.17) is 0 Å². The van der Waals surface area contributed by atoms with Gasteiger partial charge in [-0.1, -0.05) is 54.6 Å². The second-order valence-electron chi connectivity index (χ2n) is 5.24. The molecule has 0 spiro atoms. The lowest BCUT2D eigenvalue weighted by Crippen LogP contribution is -1.99. The molecule has 1 unspecified atom stereocenters. The lowest BCUT2D eigenvalue weighted by Gasteiger charge is -2.12. The number of non-ortho nitro benzene ring substituents is 1. The molecule has 3 rings (SSSR count). The normalized spacial score (nSPS) is 11.9. The standard InChI is InChI=1S/C19H15NO3/c21-19(17-10-12-18(13-11-17)20(22)23)16-8-6-15(7-9-16)14-4-2-1-3-5-14/h1-13,19,21H. The molecule has 0 aromatic heterocycles. The fraction of sp³-hybridized carbons (Fsp3) is 0.0526. The minimum Gasteiger partial charge on any atom is -0.384 e. The summed E-state index contributed by atoms with van der Waals surface area (Å²) in [5, 5.41) is 21.1. The molecule has 0 bridgehead atoms. The monoisotopic (exact) mass is 305 g/mol. The Labute approximate surface area is 133 Å². The fourth-order valence-electron chi connectivity index (χ4n) is 2.46. The third kappa shape index (κ3) is 3.27. The molecule has 0 saturated heterocycles. The van der Waals surface area contributed by atoms with Crippen molar-refractivity contribution in [2.75, 3.05) is 0 Å². The summed E-state index contributed by atoms with van der Waals surface area (Å²) in [5.74, 6) is 0. The maximum Gasteiger partial charge on any atom is 0.269 e. The van der Waals surface area contributed by atoms with Crippen LogP contribution in [0.25, 0.3) is 11.1 Å². The highest BCUT2D eigenvalue weighted by atomic mass is 16.6. The van der Waals surface area contributed by atoms with Crippen molar-refractivity contribution in [3.8, 4) is 11.1 Å². The van der Waals surface area contributed by atoms with Crippen LogP contribution in [0.4, 0.5) is 5.69 Å². The SMILES string of the molecule is O=[N+]([O-])c1ccc(C(O)c2ccc(-c3ccccc3)cc2)cc1. The van der Waals surface area contributed by atoms with E-state index in [0.29, 0.717) is 5.56 Å². The van der Waals surface area contributed by atoms with Crippen molar-refractivity contribution in [1.29, 1.82) is 0 Å². The van der Waals surface area contributed by atoms with E-state index in [2.05, 4.69) is 0 Å². The third-order valence-corrected chi connectivity index (χ3v) is 3.75. The topological polar surface area (TPSA) is 63.4 Å². The van der Waals surface area contributed by atoms with E-state index < -0.39 is 11.0 Å². The number of nitro groups is 1. The molecular weight excluding hydrogens is 290 g/mol. The highest BCUT2D eigenvalue weighted by Gasteiger charge is 2.12. The van der Waals surface area contributed by atoms with Gasteiger partial charge < -0.3 is 5.11 Å². The van der Waals surface area contributed by atoms with Crippen LogP contribution in [0, 0.1) is 10.1 Å². The van der Waals surface area contributed by atoms with E-state index in [1.165, 1.54) is 12.1 Å². The Morgan fingerprint density at radius 3 is 1.74 bits per heavy atom. The van der Waals surface area contributed by atoms with Crippen LogP contribution in [-0.2, 0) is 0 Å². The van der Waals surface area contributed by atoms with Gasteiger partial charge in [0.1, 0.15) is 6.10 Å². The Morgan fingerprint density at radius 2 is 1.22 bits per heavy atom. The first-order chi connectivity index (χ1) is 11.1. The summed E-state index contributed by atoms with van der Waals surface area (Å²) < 4.78 is 0. The zero-order chi connectivity index (χ0) is 16.2. The number of nitrogens with zero attached hydrogens (tertiary/aromatic N) is 1. The number of hydrogen-bond donors (Lipinski definition) is 1. The number of nitro benzene ring substituents is 1. The Hall–Kier alpha value is -2.98. The number of benzene rings is 3. The zero-order valence-corrected chi connectivity index (χ0v) is 12.3. The minimum atomic E-state index is -0.805. The average molecular weight is 305 g/mol. The Morgan fingerprint density at radius 1 is 0.739 bits per heavy atom. The van der Waals surface area contributed by atoms with Gasteiger partial charge in [0.25, 0.3) is 5.69 Å². The van der Waals surface area contributed by atoms with Crippen LogP contribution >= 0.6 is 0 Å². The second-order valence-corrected chi connectivity index (χ2v) is 5.24. The van der Waals surface area contributed by atoms with E-state index in [1.807, 2.05) is 54.6 Å². The van der Waals surface area contributed by atoms with Crippen molar-refractivity contribution in [2.24, 2.45) is 0 Å². The van der Waals surface area contributed by atoms with Crippen LogP contribution in [0.3, 0.4) is 0 Å². The molecule has 0 heterocycles. The summed E-state index contributed by atoms with van der Waals surface area (Å²) in [6, 6.07) is 23.6. The summed E-state index contributed by atoms with van der Waals surface area (Å²) in [6.07, 6.45) is -0.805. The first kappa shape index (κ1) is 14.9. The van der Waals surface area contributed by atoms with Gasteiger partial charge in [-0.15, -0.1) is 0 Å². The van der Waals surface area contributed by atoms with E-state index >= 15 is 0 Å². The van der Waals surface area contributed by atoms with Crippen LogP contribution in [0.5, 0.6) is 0 Å². The smallest absolute Gasteiger partial charge is 0.269 e. The van der Waals surface area contributed by atoms with Gasteiger partial charge in [-0.05, 0) is 34.4 Å². The van der Waals surface area contributed by atoms with Gasteiger partial charge in [-0.3, -0.25) is 10.1 Å². The summed E-state index contributed by atoms with van der Waals surface area (Å²) in [4.78, 5) is 10.2. The second kappa shape index (κ2) is 6.42. The number of aliphatic hydroxyl groups excluding tert-OH is 1. The van der Waals surface area contributed by atoms with E-state index in [9.17, 15) is 15.2 Å². The van der Waals surface area contributed by atoms with Crippen LogP contribution in [0.15, 0.2) is 78.9 Å². The van der Waals surface area contributed by atoms with Gasteiger partial charge in [0.15, 0.2) is 0 Å². The van der Waals surface area contributed by atoms with Crippen molar-refractivity contribution in [3.05, 3.63) is 100 Å². The van der Waals surface area contributed by atoms with Gasteiger partial charge in [-0.2, -0.15) is 0 Å². The molecule has 0 fully saturated rings. The van der Waals surface area contributed by atoms with Gasteiger partial charge in [0, 0.05) is 12.1 Å². The van der Waals surface area contributed by atoms with Gasteiger partial charge in [0.05, 0.1) is 4.92 Å². The van der Waals surface area contributed by atoms with Crippen LogP contribution in [0.2, 0.25) is 0 Å². The van der Waals surface area contributed by atoms with Crippen molar-refractivity contribution in [1.82, 2.24) is 0 Å². The van der Waals surface area contributed by atoms with Crippen LogP contribution < -0.4 is 0 Å². The maximum atomic E-state index is 10.7. The van der Waals surface area contributed by atoms with Crippen LogP contribution in [-0.4, -0.2) is 10.0 Å². The molecule has 0 aliphatic rings. The summed E-state index contributed by atoms with van der Waals surface area (Å²) in [5.41, 5.74) is 3.58. The Bertz CT molecular complexity index is 796. The molecule has 0 aliphatic carbocycles. The molecular formula is C19H15NO3. The maximum absolute atomic E-state index is 10.7. The van der Waals surface area contributed by atoms with E-state index in [-0.39, 0.29) is 5.69 Å². The van der Waals surface area contributed by atoms with Gasteiger partial charge in [-0.25, -0.2) is 0 Å². The molecule has 3 aromatic rings. The number of rotatable bonds is 4. The summed E-state index contributed by atoms with van der Waals surface area (Å²) in [7, 11) is 0. The van der Waals surface area contributed by atoms with Crippen LogP contribution in [0.1, 0.15) is 17.2 Å². The minimum absolute atomic E-state index is 0.0142. The largest absolute Gasteiger partial charge is 0.384 e. The van der Waals surface area contributed by atoms with Crippen molar-refractivity contribution < 1.29 is 10.0 Å². The van der Waals surface area contributed by atoms with Gasteiger partial charge >= 0.3 is 0 Å². The van der Waals surface area contributed by atoms with E-state index in [0.717, 1.165) is 16.7 Å². The van der Waals surface area contributed by atoms with Crippen molar-refractivity contribution in [3.63, 3.8) is 0 Å². The summed E-state index contributed by atoms with van der Waals surface area (Å²) in [6.45, 7) is 0. The predicted octanol–water partition coefficient (Wildman–Crippen LogP) is 4.34. The molecule has 114 valence electrons. The molecule has 0 radical (unpaired) electrons. The highest BCUT2D eigenvalue weighted by molar-refractivity contribution is 5.63. The summed E-state index contributed by atoms with van der Waals surface area (Å²) >= 11 is 0. The number of aliphatic hydroxyl groups is 1. The number of hydrogen-bond acceptors (Lipinski definition) is 3. The molecule has 4 nitrogen and oxygen atoms in total. The average Bonchev–Trinajstić information content (AvgIpc) is 2.62. The third-order valence-electron chi connectivity index (χ3n) is 3.75. The Balaban J connectivity index is 1.82.